The van der Waals surface area contributed by atoms with E-state index in [-0.39, 0.29) is 0 Å². The molecule has 5 heteroatoms. The summed E-state index contributed by atoms with van der Waals surface area (Å²) in [5.74, 6) is 0.870. The van der Waals surface area contributed by atoms with Crippen LogP contribution in [0.5, 0.6) is 5.75 Å². The number of nitrogens with two attached hydrogens (primary N) is 1. The average molecular weight is 311 g/mol. The van der Waals surface area contributed by atoms with E-state index in [1.165, 1.54) is 0 Å². The Hall–Kier alpha value is -2.53. The van der Waals surface area contributed by atoms with Crippen molar-refractivity contribution < 1.29 is 4.74 Å². The van der Waals surface area contributed by atoms with Gasteiger partial charge in [0.2, 0.25) is 0 Å². The molecular formula is C17H17N3OS. The van der Waals surface area contributed by atoms with Crippen LogP contribution in [-0.4, -0.2) is 11.6 Å². The van der Waals surface area contributed by atoms with E-state index in [1.54, 1.807) is 11.3 Å². The standard InChI is InChI=1S/C17H17N3OS/c1-2-21-15-9-7-14(8-10-15)19-17-20-16(11-22-17)12-3-5-13(18)6-4-12/h3-11H,2,18H2,1H3,(H,19,20). The van der Waals surface area contributed by atoms with Gasteiger partial charge in [-0.2, -0.15) is 0 Å². The van der Waals surface area contributed by atoms with Gasteiger partial charge in [-0.15, -0.1) is 11.3 Å². The van der Waals surface area contributed by atoms with Crippen molar-refractivity contribution in [2.24, 2.45) is 0 Å². The Morgan fingerprint density at radius 1 is 1.09 bits per heavy atom. The smallest absolute Gasteiger partial charge is 0.187 e. The molecule has 0 atom stereocenters. The Balaban J connectivity index is 1.72. The highest BCUT2D eigenvalue weighted by Gasteiger charge is 2.05. The molecule has 0 spiro atoms. The lowest BCUT2D eigenvalue weighted by Gasteiger charge is -2.05. The molecule has 0 aliphatic heterocycles. The predicted octanol–water partition coefficient (Wildman–Crippen LogP) is 4.53. The maximum absolute atomic E-state index is 5.71. The molecule has 1 aromatic heterocycles. The molecule has 3 aromatic rings. The molecule has 0 aliphatic rings. The van der Waals surface area contributed by atoms with Crippen LogP contribution >= 0.6 is 11.3 Å². The number of thiazole rings is 1. The number of hydrogen-bond acceptors (Lipinski definition) is 5. The third kappa shape index (κ3) is 3.38. The first-order valence-corrected chi connectivity index (χ1v) is 7.94. The monoisotopic (exact) mass is 311 g/mol. The molecule has 3 rings (SSSR count). The van der Waals surface area contributed by atoms with Crippen molar-refractivity contribution in [2.75, 3.05) is 17.7 Å². The molecular weight excluding hydrogens is 294 g/mol. The van der Waals surface area contributed by atoms with Gasteiger partial charge in [-0.3, -0.25) is 0 Å². The van der Waals surface area contributed by atoms with Gasteiger partial charge in [0.05, 0.1) is 12.3 Å². The highest BCUT2D eigenvalue weighted by Crippen LogP contribution is 2.28. The fraction of sp³-hybridized carbons (Fsp3) is 0.118. The lowest BCUT2D eigenvalue weighted by atomic mass is 10.1. The number of hydrogen-bond donors (Lipinski definition) is 2. The van der Waals surface area contributed by atoms with E-state index in [9.17, 15) is 0 Å². The molecule has 1 heterocycles. The van der Waals surface area contributed by atoms with Crippen molar-refractivity contribution in [1.82, 2.24) is 4.98 Å². The number of rotatable bonds is 5. The maximum Gasteiger partial charge on any atom is 0.187 e. The van der Waals surface area contributed by atoms with Crippen LogP contribution in [0.15, 0.2) is 53.9 Å². The van der Waals surface area contributed by atoms with Gasteiger partial charge < -0.3 is 15.8 Å². The molecule has 0 bridgehead atoms. The molecule has 22 heavy (non-hydrogen) atoms. The number of benzene rings is 2. The minimum atomic E-state index is 0.671. The Kier molecular flexibility index (Phi) is 4.25. The van der Waals surface area contributed by atoms with E-state index in [0.717, 1.165) is 33.5 Å². The van der Waals surface area contributed by atoms with E-state index in [1.807, 2.05) is 60.8 Å². The Morgan fingerprint density at radius 2 is 1.82 bits per heavy atom. The second-order valence-electron chi connectivity index (χ2n) is 4.74. The van der Waals surface area contributed by atoms with Crippen molar-refractivity contribution in [1.29, 1.82) is 0 Å². The largest absolute Gasteiger partial charge is 0.494 e. The average Bonchev–Trinajstić information content (AvgIpc) is 2.99. The van der Waals surface area contributed by atoms with Gasteiger partial charge in [-0.05, 0) is 43.3 Å². The summed E-state index contributed by atoms with van der Waals surface area (Å²) < 4.78 is 5.43. The first-order chi connectivity index (χ1) is 10.7. The number of anilines is 3. The lowest BCUT2D eigenvalue weighted by Crippen LogP contribution is -1.93. The summed E-state index contributed by atoms with van der Waals surface area (Å²) in [6.07, 6.45) is 0. The Labute approximate surface area is 133 Å². The molecule has 3 N–H and O–H groups in total. The second-order valence-corrected chi connectivity index (χ2v) is 5.60. The Morgan fingerprint density at radius 3 is 2.50 bits per heavy atom. The van der Waals surface area contributed by atoms with E-state index in [2.05, 4.69) is 10.3 Å². The summed E-state index contributed by atoms with van der Waals surface area (Å²) in [5, 5.41) is 6.19. The normalized spacial score (nSPS) is 10.4. The van der Waals surface area contributed by atoms with Gasteiger partial charge in [-0.25, -0.2) is 4.98 Å². The molecule has 4 nitrogen and oxygen atoms in total. The van der Waals surface area contributed by atoms with E-state index >= 15 is 0 Å². The van der Waals surface area contributed by atoms with Crippen LogP contribution in [0.3, 0.4) is 0 Å². The van der Waals surface area contributed by atoms with Crippen LogP contribution in [0, 0.1) is 0 Å². The van der Waals surface area contributed by atoms with Gasteiger partial charge in [0.1, 0.15) is 5.75 Å². The summed E-state index contributed by atoms with van der Waals surface area (Å²) in [4.78, 5) is 4.60. The third-order valence-corrected chi connectivity index (χ3v) is 3.88. The first kappa shape index (κ1) is 14.4. The molecule has 0 amide bonds. The van der Waals surface area contributed by atoms with E-state index in [0.29, 0.717) is 6.61 Å². The lowest BCUT2D eigenvalue weighted by molar-refractivity contribution is 0.340. The number of nitrogen functional groups attached to an aromatic ring is 1. The molecule has 0 saturated carbocycles. The number of nitrogens with zero attached hydrogens (tertiary/aromatic N) is 1. The molecule has 0 unspecified atom stereocenters. The highest BCUT2D eigenvalue weighted by molar-refractivity contribution is 7.14. The molecule has 112 valence electrons. The van der Waals surface area contributed by atoms with Crippen LogP contribution in [0.1, 0.15) is 6.92 Å². The molecule has 2 aromatic carbocycles. The van der Waals surface area contributed by atoms with Crippen LogP contribution in [0.4, 0.5) is 16.5 Å². The van der Waals surface area contributed by atoms with Crippen molar-refractivity contribution >= 4 is 27.8 Å². The number of ether oxygens (including phenoxy) is 1. The Bertz CT molecular complexity index is 735. The fourth-order valence-electron chi connectivity index (χ4n) is 2.04. The molecule has 0 aliphatic carbocycles. The number of aromatic nitrogens is 1. The summed E-state index contributed by atoms with van der Waals surface area (Å²) in [7, 11) is 0. The molecule has 0 fully saturated rings. The van der Waals surface area contributed by atoms with Crippen LogP contribution in [0.2, 0.25) is 0 Å². The summed E-state index contributed by atoms with van der Waals surface area (Å²) >= 11 is 1.57. The predicted molar refractivity (Wildman–Crippen MR) is 92.9 cm³/mol. The topological polar surface area (TPSA) is 60.2 Å². The zero-order valence-electron chi connectivity index (χ0n) is 12.2. The van der Waals surface area contributed by atoms with Crippen molar-refractivity contribution in [3.05, 3.63) is 53.9 Å². The summed E-state index contributed by atoms with van der Waals surface area (Å²) in [6, 6.07) is 15.6. The SMILES string of the molecule is CCOc1ccc(Nc2nc(-c3ccc(N)cc3)cs2)cc1. The first-order valence-electron chi connectivity index (χ1n) is 7.06. The zero-order chi connectivity index (χ0) is 15.4. The number of nitrogens with one attached hydrogen (secondary N) is 1. The van der Waals surface area contributed by atoms with Gasteiger partial charge in [0.15, 0.2) is 5.13 Å². The van der Waals surface area contributed by atoms with Gasteiger partial charge in [0.25, 0.3) is 0 Å². The van der Waals surface area contributed by atoms with Crippen LogP contribution < -0.4 is 15.8 Å². The zero-order valence-corrected chi connectivity index (χ0v) is 13.1. The highest BCUT2D eigenvalue weighted by atomic mass is 32.1. The minimum absolute atomic E-state index is 0.671. The van der Waals surface area contributed by atoms with E-state index < -0.39 is 0 Å². The van der Waals surface area contributed by atoms with Crippen molar-refractivity contribution in [3.8, 4) is 17.0 Å². The van der Waals surface area contributed by atoms with Crippen LogP contribution in [0.25, 0.3) is 11.3 Å². The second kappa shape index (κ2) is 6.49. The van der Waals surface area contributed by atoms with Crippen molar-refractivity contribution in [3.63, 3.8) is 0 Å². The quantitative estimate of drug-likeness (QED) is 0.679. The maximum atomic E-state index is 5.71. The van der Waals surface area contributed by atoms with Crippen LogP contribution in [-0.2, 0) is 0 Å². The summed E-state index contributed by atoms with van der Waals surface area (Å²) in [5.41, 5.74) is 9.45. The van der Waals surface area contributed by atoms with Gasteiger partial charge >= 0.3 is 0 Å². The molecule has 0 saturated heterocycles. The summed E-state index contributed by atoms with van der Waals surface area (Å²) in [6.45, 7) is 2.64. The van der Waals surface area contributed by atoms with Crippen molar-refractivity contribution in [2.45, 2.75) is 6.92 Å². The van der Waals surface area contributed by atoms with E-state index in [4.69, 9.17) is 10.5 Å². The fourth-order valence-corrected chi connectivity index (χ4v) is 2.78. The third-order valence-electron chi connectivity index (χ3n) is 3.13. The molecule has 0 radical (unpaired) electrons. The van der Waals surface area contributed by atoms with Gasteiger partial charge in [0, 0.05) is 22.3 Å². The van der Waals surface area contributed by atoms with Gasteiger partial charge in [-0.1, -0.05) is 12.1 Å². The minimum Gasteiger partial charge on any atom is -0.494 e.